The van der Waals surface area contributed by atoms with E-state index >= 15 is 0 Å². The van der Waals surface area contributed by atoms with Gasteiger partial charge in [0.15, 0.2) is 0 Å². The molecule has 1 N–H and O–H groups in total. The van der Waals surface area contributed by atoms with Gasteiger partial charge in [-0.15, -0.1) is 0 Å². The van der Waals surface area contributed by atoms with Gasteiger partial charge in [0.05, 0.1) is 6.04 Å². The zero-order valence-corrected chi connectivity index (χ0v) is 12.9. The molecule has 0 aliphatic heterocycles. The summed E-state index contributed by atoms with van der Waals surface area (Å²) in [6, 6.07) is 11.1. The Hall–Kier alpha value is -1.19. The summed E-state index contributed by atoms with van der Waals surface area (Å²) in [5.74, 6) is 0. The van der Waals surface area contributed by atoms with Crippen molar-refractivity contribution in [1.82, 2.24) is 10.3 Å². The minimum Gasteiger partial charge on any atom is -0.309 e. The Bertz CT molecular complexity index is 540. The maximum Gasteiger partial charge on any atom is 0.0590 e. The van der Waals surface area contributed by atoms with Crippen molar-refractivity contribution in [3.05, 3.63) is 63.9 Å². The molecule has 1 unspecified atom stereocenters. The third kappa shape index (κ3) is 3.64. The molecule has 0 radical (unpaired) electrons. The van der Waals surface area contributed by atoms with E-state index in [0.717, 1.165) is 10.9 Å². The van der Waals surface area contributed by atoms with Crippen LogP contribution in [0.15, 0.2) is 47.2 Å². The highest BCUT2D eigenvalue weighted by molar-refractivity contribution is 9.10. The molecule has 2 aromatic rings. The predicted octanol–water partition coefficient (Wildman–Crippen LogP) is 4.11. The van der Waals surface area contributed by atoms with Crippen molar-refractivity contribution in [3.63, 3.8) is 0 Å². The second-order valence-electron chi connectivity index (χ2n) is 4.65. The maximum atomic E-state index is 4.25. The van der Waals surface area contributed by atoms with Gasteiger partial charge >= 0.3 is 0 Å². The first-order chi connectivity index (χ1) is 9.24. The highest BCUT2D eigenvalue weighted by Crippen LogP contribution is 2.24. The average Bonchev–Trinajstić information content (AvgIpc) is 2.41. The van der Waals surface area contributed by atoms with Crippen molar-refractivity contribution in [1.29, 1.82) is 0 Å². The standard InChI is InChI=1S/C16H19BrN2/c1-3-5-12-6-4-7-13(8-12)16(18-2)14-9-15(17)11-19-10-14/h4,6-11,16,18H,3,5H2,1-2H3. The maximum absolute atomic E-state index is 4.25. The lowest BCUT2D eigenvalue weighted by Gasteiger charge is -2.18. The molecule has 0 bridgehead atoms. The van der Waals surface area contributed by atoms with E-state index in [1.807, 2.05) is 19.4 Å². The van der Waals surface area contributed by atoms with Crippen molar-refractivity contribution in [2.75, 3.05) is 7.05 Å². The van der Waals surface area contributed by atoms with Crippen molar-refractivity contribution >= 4 is 15.9 Å². The van der Waals surface area contributed by atoms with Crippen LogP contribution in [0.2, 0.25) is 0 Å². The van der Waals surface area contributed by atoms with Gasteiger partial charge in [-0.3, -0.25) is 4.98 Å². The monoisotopic (exact) mass is 318 g/mol. The van der Waals surface area contributed by atoms with Crippen LogP contribution < -0.4 is 5.32 Å². The molecule has 1 atom stereocenters. The van der Waals surface area contributed by atoms with Crippen LogP contribution in [0.1, 0.15) is 36.1 Å². The smallest absolute Gasteiger partial charge is 0.0590 e. The first-order valence-corrected chi connectivity index (χ1v) is 7.40. The first kappa shape index (κ1) is 14.2. The molecule has 1 aromatic carbocycles. The molecule has 2 rings (SSSR count). The first-order valence-electron chi connectivity index (χ1n) is 6.61. The Morgan fingerprint density at radius 3 is 2.74 bits per heavy atom. The number of pyridine rings is 1. The van der Waals surface area contributed by atoms with E-state index < -0.39 is 0 Å². The average molecular weight is 319 g/mol. The lowest BCUT2D eigenvalue weighted by Crippen LogP contribution is -2.18. The zero-order valence-electron chi connectivity index (χ0n) is 11.4. The molecule has 0 fully saturated rings. The Morgan fingerprint density at radius 2 is 2.05 bits per heavy atom. The molecule has 0 aliphatic carbocycles. The molecule has 2 nitrogen and oxygen atoms in total. The lowest BCUT2D eigenvalue weighted by atomic mass is 9.97. The van der Waals surface area contributed by atoms with Crippen LogP contribution in [0.5, 0.6) is 0 Å². The molecular formula is C16H19BrN2. The highest BCUT2D eigenvalue weighted by Gasteiger charge is 2.12. The molecule has 0 spiro atoms. The van der Waals surface area contributed by atoms with Crippen LogP contribution >= 0.6 is 15.9 Å². The van der Waals surface area contributed by atoms with Crippen LogP contribution in [0, 0.1) is 0 Å². The third-order valence-corrected chi connectivity index (χ3v) is 3.60. The third-order valence-electron chi connectivity index (χ3n) is 3.17. The minimum atomic E-state index is 0.182. The normalized spacial score (nSPS) is 12.4. The van der Waals surface area contributed by atoms with Gasteiger partial charge in [-0.25, -0.2) is 0 Å². The number of benzene rings is 1. The number of halogens is 1. The number of nitrogens with zero attached hydrogens (tertiary/aromatic N) is 1. The number of rotatable bonds is 5. The fraction of sp³-hybridized carbons (Fsp3) is 0.312. The predicted molar refractivity (Wildman–Crippen MR) is 83.3 cm³/mol. The van der Waals surface area contributed by atoms with Gasteiger partial charge in [-0.1, -0.05) is 37.6 Å². The van der Waals surface area contributed by atoms with Gasteiger partial charge in [0, 0.05) is 16.9 Å². The van der Waals surface area contributed by atoms with Crippen molar-refractivity contribution in [2.45, 2.75) is 25.8 Å². The van der Waals surface area contributed by atoms with Gasteiger partial charge in [0.2, 0.25) is 0 Å². The number of nitrogens with one attached hydrogen (secondary N) is 1. The van der Waals surface area contributed by atoms with Crippen molar-refractivity contribution in [2.24, 2.45) is 0 Å². The molecule has 0 saturated heterocycles. The van der Waals surface area contributed by atoms with Crippen LogP contribution in [0.4, 0.5) is 0 Å². The van der Waals surface area contributed by atoms with Crippen LogP contribution in [-0.2, 0) is 6.42 Å². The highest BCUT2D eigenvalue weighted by atomic mass is 79.9. The van der Waals surface area contributed by atoms with Crippen LogP contribution in [0.25, 0.3) is 0 Å². The molecule has 0 aliphatic rings. The van der Waals surface area contributed by atoms with Crippen LogP contribution in [0.3, 0.4) is 0 Å². The van der Waals surface area contributed by atoms with E-state index in [-0.39, 0.29) is 6.04 Å². The summed E-state index contributed by atoms with van der Waals surface area (Å²) in [6.07, 6.45) is 6.02. The molecule has 19 heavy (non-hydrogen) atoms. The van der Waals surface area contributed by atoms with E-state index in [1.165, 1.54) is 23.1 Å². The van der Waals surface area contributed by atoms with Crippen molar-refractivity contribution in [3.8, 4) is 0 Å². The SMILES string of the molecule is CCCc1cccc(C(NC)c2cncc(Br)c2)c1. The summed E-state index contributed by atoms with van der Waals surface area (Å²) in [6.45, 7) is 2.21. The fourth-order valence-corrected chi connectivity index (χ4v) is 2.71. The lowest BCUT2D eigenvalue weighted by molar-refractivity contribution is 0.686. The molecule has 1 heterocycles. The number of hydrogen-bond acceptors (Lipinski definition) is 2. The molecule has 0 amide bonds. The zero-order chi connectivity index (χ0) is 13.7. The van der Waals surface area contributed by atoms with E-state index in [2.05, 4.69) is 63.5 Å². The quantitative estimate of drug-likeness (QED) is 0.897. The topological polar surface area (TPSA) is 24.9 Å². The Labute approximate surface area is 123 Å². The summed E-state index contributed by atoms with van der Waals surface area (Å²) >= 11 is 3.48. The number of aromatic nitrogens is 1. The van der Waals surface area contributed by atoms with E-state index in [0.29, 0.717) is 0 Å². The van der Waals surface area contributed by atoms with Gasteiger partial charge in [0.25, 0.3) is 0 Å². The molecular weight excluding hydrogens is 300 g/mol. The number of hydrogen-bond donors (Lipinski definition) is 1. The Morgan fingerprint density at radius 1 is 1.21 bits per heavy atom. The molecule has 1 aromatic heterocycles. The molecule has 0 saturated carbocycles. The number of aryl methyl sites for hydroxylation is 1. The van der Waals surface area contributed by atoms with E-state index in [4.69, 9.17) is 0 Å². The van der Waals surface area contributed by atoms with Gasteiger partial charge in [-0.2, -0.15) is 0 Å². The van der Waals surface area contributed by atoms with Crippen molar-refractivity contribution < 1.29 is 0 Å². The van der Waals surface area contributed by atoms with Gasteiger partial charge in [0.1, 0.15) is 0 Å². The minimum absolute atomic E-state index is 0.182. The van der Waals surface area contributed by atoms with E-state index in [9.17, 15) is 0 Å². The summed E-state index contributed by atoms with van der Waals surface area (Å²) < 4.78 is 1.01. The van der Waals surface area contributed by atoms with Gasteiger partial charge < -0.3 is 5.32 Å². The summed E-state index contributed by atoms with van der Waals surface area (Å²) in [5.41, 5.74) is 3.85. The van der Waals surface area contributed by atoms with E-state index in [1.54, 1.807) is 0 Å². The summed E-state index contributed by atoms with van der Waals surface area (Å²) in [7, 11) is 1.98. The molecule has 3 heteroatoms. The Balaban J connectivity index is 2.33. The largest absolute Gasteiger partial charge is 0.309 e. The van der Waals surface area contributed by atoms with Crippen LogP contribution in [-0.4, -0.2) is 12.0 Å². The Kier molecular flexibility index (Phi) is 5.11. The fourth-order valence-electron chi connectivity index (χ4n) is 2.33. The summed E-state index contributed by atoms with van der Waals surface area (Å²) in [4.78, 5) is 4.25. The second kappa shape index (κ2) is 6.83. The van der Waals surface area contributed by atoms with Gasteiger partial charge in [-0.05, 0) is 52.2 Å². The summed E-state index contributed by atoms with van der Waals surface area (Å²) in [5, 5.41) is 3.37. The molecule has 100 valence electrons. The second-order valence-corrected chi connectivity index (χ2v) is 5.57.